The maximum absolute atomic E-state index is 8.31. The summed E-state index contributed by atoms with van der Waals surface area (Å²) < 4.78 is 0. The molecule has 0 unspecified atom stereocenters. The first-order chi connectivity index (χ1) is 16.6. The largest absolute Gasteiger partial charge is 0.206 e. The zero-order chi connectivity index (χ0) is 23.7. The highest BCUT2D eigenvalue weighted by Crippen LogP contribution is 2.39. The Labute approximate surface area is 205 Å². The summed E-state index contributed by atoms with van der Waals surface area (Å²) in [5.74, 6) is 0. The number of halogens is 2. The predicted octanol–water partition coefficient (Wildman–Crippen LogP) is 7.83. The van der Waals surface area contributed by atoms with Crippen LogP contribution in [0.15, 0.2) is 105 Å². The zero-order valence-corrected chi connectivity index (χ0v) is 19.1. The van der Waals surface area contributed by atoms with Gasteiger partial charge < -0.3 is 0 Å². The average Bonchev–Trinajstić information content (AvgIpc) is 2.86. The summed E-state index contributed by atoms with van der Waals surface area (Å²) >= 11 is 11.5. The molecule has 6 heteroatoms. The van der Waals surface area contributed by atoms with Crippen molar-refractivity contribution in [3.63, 3.8) is 0 Å². The van der Waals surface area contributed by atoms with Crippen molar-refractivity contribution in [1.29, 1.82) is 10.5 Å². The van der Waals surface area contributed by atoms with Gasteiger partial charge in [0.05, 0.1) is 21.5 Å². The molecule has 160 valence electrons. The standard InChI is InChI=1S/C20H12.C8H2Cl2N4/c1-5-13-6-2-11-17-18-12-4-8-14-7-3-10-16(20(14)18)15(9-1)19(13)17;9-5-1-7(13-3-11)6(10)2-8(5)14-4-12/h1-12H;1-2H. The molecule has 0 bridgehead atoms. The Hall–Kier alpha value is -4.22. The molecule has 0 saturated carbocycles. The molecule has 0 saturated heterocycles. The zero-order valence-electron chi connectivity index (χ0n) is 17.6. The molecule has 4 nitrogen and oxygen atoms in total. The highest BCUT2D eigenvalue weighted by Gasteiger charge is 2.14. The number of benzene rings is 5. The van der Waals surface area contributed by atoms with Crippen molar-refractivity contribution >= 4 is 77.7 Å². The lowest BCUT2D eigenvalue weighted by Crippen LogP contribution is -2.07. The van der Waals surface area contributed by atoms with E-state index in [-0.39, 0.29) is 21.5 Å². The molecular formula is C28H14Cl2N4. The average molecular weight is 477 g/mol. The van der Waals surface area contributed by atoms with Gasteiger partial charge in [-0.05, 0) is 55.2 Å². The minimum atomic E-state index is 0.227. The number of rotatable bonds is 0. The van der Waals surface area contributed by atoms with Crippen LogP contribution in [0.4, 0.5) is 0 Å². The van der Waals surface area contributed by atoms with Crippen LogP contribution in [0.25, 0.3) is 43.1 Å². The normalized spacial score (nSPS) is 15.8. The Morgan fingerprint density at radius 1 is 0.529 bits per heavy atom. The summed E-state index contributed by atoms with van der Waals surface area (Å²) in [4.78, 5) is 6.87. The van der Waals surface area contributed by atoms with Crippen LogP contribution < -0.4 is 0 Å². The van der Waals surface area contributed by atoms with Crippen LogP contribution in [0.1, 0.15) is 0 Å². The molecule has 5 aromatic carbocycles. The van der Waals surface area contributed by atoms with E-state index in [2.05, 4.69) is 82.8 Å². The third-order valence-corrected chi connectivity index (χ3v) is 6.35. The van der Waals surface area contributed by atoms with Crippen LogP contribution in [0.5, 0.6) is 0 Å². The molecule has 0 amide bonds. The second-order valence-electron chi connectivity index (χ2n) is 7.60. The number of nitriles is 2. The van der Waals surface area contributed by atoms with Gasteiger partial charge in [0, 0.05) is 0 Å². The monoisotopic (exact) mass is 476 g/mol. The summed E-state index contributed by atoms with van der Waals surface area (Å²) in [5, 5.41) is 28.0. The van der Waals surface area contributed by atoms with E-state index in [1.165, 1.54) is 55.2 Å². The Morgan fingerprint density at radius 3 is 1.15 bits per heavy atom. The predicted molar refractivity (Wildman–Crippen MR) is 142 cm³/mol. The number of aliphatic imine (C=N–C) groups is 2. The quantitative estimate of drug-likeness (QED) is 0.0987. The van der Waals surface area contributed by atoms with Gasteiger partial charge >= 0.3 is 0 Å². The number of allylic oxidation sites excluding steroid dienone is 4. The van der Waals surface area contributed by atoms with Crippen molar-refractivity contribution < 1.29 is 0 Å². The molecule has 0 N–H and O–H groups in total. The van der Waals surface area contributed by atoms with E-state index >= 15 is 0 Å². The number of fused-ring (bicyclic) bond motifs is 2. The minimum absolute atomic E-state index is 0.227. The minimum Gasteiger partial charge on any atom is -0.172 e. The number of hydrogen-bond acceptors (Lipinski definition) is 4. The van der Waals surface area contributed by atoms with Gasteiger partial charge in [0.2, 0.25) is 12.4 Å². The molecular weight excluding hydrogens is 463 g/mol. The first-order valence-electron chi connectivity index (χ1n) is 10.4. The van der Waals surface area contributed by atoms with Gasteiger partial charge in [-0.3, -0.25) is 0 Å². The van der Waals surface area contributed by atoms with Crippen LogP contribution in [0, 0.1) is 22.9 Å². The van der Waals surface area contributed by atoms with Gasteiger partial charge in [-0.15, -0.1) is 0 Å². The van der Waals surface area contributed by atoms with E-state index in [0.29, 0.717) is 0 Å². The van der Waals surface area contributed by atoms with Crippen LogP contribution in [0.2, 0.25) is 0 Å². The van der Waals surface area contributed by atoms with Gasteiger partial charge in [0.15, 0.2) is 0 Å². The third-order valence-electron chi connectivity index (χ3n) is 5.75. The van der Waals surface area contributed by atoms with Gasteiger partial charge in [0.1, 0.15) is 0 Å². The molecule has 1 aliphatic carbocycles. The third kappa shape index (κ3) is 3.66. The first-order valence-corrected chi connectivity index (χ1v) is 11.1. The van der Waals surface area contributed by atoms with Crippen molar-refractivity contribution in [2.45, 2.75) is 0 Å². The Morgan fingerprint density at radius 2 is 0.853 bits per heavy atom. The molecule has 0 aromatic heterocycles. The van der Waals surface area contributed by atoms with Crippen LogP contribution in [0.3, 0.4) is 0 Å². The van der Waals surface area contributed by atoms with E-state index < -0.39 is 0 Å². The topological polar surface area (TPSA) is 72.3 Å². The van der Waals surface area contributed by atoms with Crippen LogP contribution >= 0.6 is 23.2 Å². The Bertz CT molecular complexity index is 1580. The summed E-state index contributed by atoms with van der Waals surface area (Å²) in [5.41, 5.74) is 0.520. The highest BCUT2D eigenvalue weighted by atomic mass is 35.5. The SMILES string of the molecule is N#CN=C1C=C(Cl)C(=NC#N)C=C1Cl.c1cc2cccc3c4cccc5cccc(c(c1)c23)c54. The van der Waals surface area contributed by atoms with Crippen molar-refractivity contribution in [2.24, 2.45) is 9.98 Å². The van der Waals surface area contributed by atoms with Crippen LogP contribution in [-0.2, 0) is 0 Å². The second-order valence-corrected chi connectivity index (χ2v) is 8.41. The van der Waals surface area contributed by atoms with Gasteiger partial charge in [-0.2, -0.15) is 20.5 Å². The smallest absolute Gasteiger partial charge is 0.172 e. The lowest BCUT2D eigenvalue weighted by Gasteiger charge is -2.13. The van der Waals surface area contributed by atoms with Gasteiger partial charge in [-0.25, -0.2) is 0 Å². The molecule has 0 fully saturated rings. The number of hydrogen-bond donors (Lipinski definition) is 0. The van der Waals surface area contributed by atoms with Crippen molar-refractivity contribution in [2.75, 3.05) is 0 Å². The van der Waals surface area contributed by atoms with Crippen molar-refractivity contribution in [1.82, 2.24) is 0 Å². The molecule has 0 spiro atoms. The van der Waals surface area contributed by atoms with E-state index in [4.69, 9.17) is 33.7 Å². The molecule has 34 heavy (non-hydrogen) atoms. The summed E-state index contributed by atoms with van der Waals surface area (Å²) in [6.45, 7) is 0. The molecule has 5 aromatic rings. The molecule has 0 aliphatic heterocycles. The van der Waals surface area contributed by atoms with E-state index in [1.807, 2.05) is 0 Å². The highest BCUT2D eigenvalue weighted by molar-refractivity contribution is 6.55. The molecule has 0 radical (unpaired) electrons. The molecule has 0 heterocycles. The molecule has 6 rings (SSSR count). The molecule has 1 aliphatic rings. The lowest BCUT2D eigenvalue weighted by atomic mass is 9.90. The summed E-state index contributed by atoms with van der Waals surface area (Å²) in [6, 6.07) is 26.4. The van der Waals surface area contributed by atoms with E-state index in [1.54, 1.807) is 12.4 Å². The fraction of sp³-hybridized carbons (Fsp3) is 0. The first kappa shape index (κ1) is 21.6. The van der Waals surface area contributed by atoms with Crippen LogP contribution in [-0.4, -0.2) is 11.4 Å². The summed E-state index contributed by atoms with van der Waals surface area (Å²) in [6.07, 6.45) is 5.94. The maximum atomic E-state index is 8.31. The maximum Gasteiger partial charge on any atom is 0.206 e. The Balaban J connectivity index is 0.000000153. The van der Waals surface area contributed by atoms with E-state index in [9.17, 15) is 0 Å². The van der Waals surface area contributed by atoms with Gasteiger partial charge in [-0.1, -0.05) is 96.0 Å². The number of nitrogens with zero attached hydrogens (tertiary/aromatic N) is 4. The van der Waals surface area contributed by atoms with Gasteiger partial charge in [0.25, 0.3) is 0 Å². The fourth-order valence-corrected chi connectivity index (χ4v) is 4.79. The molecule has 0 atom stereocenters. The second kappa shape index (κ2) is 8.96. The Kier molecular flexibility index (Phi) is 5.70. The fourth-order valence-electron chi connectivity index (χ4n) is 4.38. The van der Waals surface area contributed by atoms with E-state index in [0.717, 1.165) is 0 Å². The lowest BCUT2D eigenvalue weighted by molar-refractivity contribution is 1.43. The summed E-state index contributed by atoms with van der Waals surface area (Å²) in [7, 11) is 0. The van der Waals surface area contributed by atoms with Crippen molar-refractivity contribution in [3.05, 3.63) is 95.0 Å². The van der Waals surface area contributed by atoms with Crippen molar-refractivity contribution in [3.8, 4) is 12.4 Å².